The maximum absolute atomic E-state index is 12.1. The molecule has 0 bridgehead atoms. The van der Waals surface area contributed by atoms with Crippen LogP contribution in [0.25, 0.3) is 5.57 Å². The standard InChI is InChI=1S/C21H23N3O/c25-21-19(18-6-2-3-7-20(18)23-21)14-22-17-10-8-16(9-11-17)15-24-12-4-1-5-13-24/h2-3,6-11,14,22H,1,4-5,12-13,15H2,(H,23,25)/b19-14-. The number of carbonyl (C=O) groups excluding carboxylic acids is 1. The van der Waals surface area contributed by atoms with Gasteiger partial charge in [0.15, 0.2) is 0 Å². The second-order valence-electron chi connectivity index (χ2n) is 6.74. The van der Waals surface area contributed by atoms with Crippen molar-refractivity contribution in [1.82, 2.24) is 4.90 Å². The topological polar surface area (TPSA) is 44.4 Å². The van der Waals surface area contributed by atoms with E-state index in [0.717, 1.165) is 23.5 Å². The van der Waals surface area contributed by atoms with Gasteiger partial charge in [-0.25, -0.2) is 0 Å². The average Bonchev–Trinajstić information content (AvgIpc) is 2.97. The SMILES string of the molecule is O=C1Nc2ccccc2/C1=C/Nc1ccc(CN2CCCCC2)cc1. The smallest absolute Gasteiger partial charge is 0.257 e. The number of carbonyl (C=O) groups is 1. The third kappa shape index (κ3) is 3.59. The summed E-state index contributed by atoms with van der Waals surface area (Å²) in [6.45, 7) is 3.44. The Morgan fingerprint density at radius 2 is 1.76 bits per heavy atom. The number of anilines is 2. The highest BCUT2D eigenvalue weighted by Gasteiger charge is 2.23. The summed E-state index contributed by atoms with van der Waals surface area (Å²) >= 11 is 0. The van der Waals surface area contributed by atoms with Crippen LogP contribution in [0.4, 0.5) is 11.4 Å². The fourth-order valence-corrected chi connectivity index (χ4v) is 3.52. The van der Waals surface area contributed by atoms with E-state index in [1.807, 2.05) is 24.3 Å². The lowest BCUT2D eigenvalue weighted by Crippen LogP contribution is -2.29. The molecule has 4 nitrogen and oxygen atoms in total. The molecule has 2 heterocycles. The Labute approximate surface area is 148 Å². The van der Waals surface area contributed by atoms with Crippen molar-refractivity contribution in [3.63, 3.8) is 0 Å². The first-order valence-electron chi connectivity index (χ1n) is 8.98. The van der Waals surface area contributed by atoms with Crippen molar-refractivity contribution in [1.29, 1.82) is 0 Å². The number of benzene rings is 2. The highest BCUT2D eigenvalue weighted by molar-refractivity contribution is 6.31. The zero-order valence-electron chi connectivity index (χ0n) is 14.3. The van der Waals surface area contributed by atoms with Crippen molar-refractivity contribution >= 4 is 22.9 Å². The van der Waals surface area contributed by atoms with Crippen LogP contribution in [-0.2, 0) is 11.3 Å². The van der Waals surface area contributed by atoms with Crippen LogP contribution in [0.3, 0.4) is 0 Å². The normalized spacial score (nSPS) is 18.9. The summed E-state index contributed by atoms with van der Waals surface area (Å²) < 4.78 is 0. The van der Waals surface area contributed by atoms with Gasteiger partial charge in [0, 0.05) is 29.7 Å². The molecule has 1 amide bonds. The number of fused-ring (bicyclic) bond motifs is 1. The molecule has 25 heavy (non-hydrogen) atoms. The lowest BCUT2D eigenvalue weighted by Gasteiger charge is -2.26. The first kappa shape index (κ1) is 15.9. The molecule has 0 aromatic heterocycles. The minimum Gasteiger partial charge on any atom is -0.361 e. The Bertz CT molecular complexity index is 789. The first-order valence-corrected chi connectivity index (χ1v) is 8.98. The van der Waals surface area contributed by atoms with Crippen molar-refractivity contribution in [2.75, 3.05) is 23.7 Å². The molecule has 0 unspecified atom stereocenters. The molecule has 4 heteroatoms. The summed E-state index contributed by atoms with van der Waals surface area (Å²) in [6, 6.07) is 16.2. The molecule has 4 rings (SSSR count). The van der Waals surface area contributed by atoms with E-state index in [4.69, 9.17) is 0 Å². The number of likely N-dealkylation sites (tertiary alicyclic amines) is 1. The van der Waals surface area contributed by atoms with Gasteiger partial charge in [-0.2, -0.15) is 0 Å². The molecule has 0 aliphatic carbocycles. The predicted molar refractivity (Wildman–Crippen MR) is 102 cm³/mol. The summed E-state index contributed by atoms with van der Waals surface area (Å²) in [5.41, 5.74) is 4.82. The molecule has 0 atom stereocenters. The van der Waals surface area contributed by atoms with Crippen molar-refractivity contribution in [3.05, 3.63) is 65.9 Å². The lowest BCUT2D eigenvalue weighted by molar-refractivity contribution is -0.110. The number of hydrogen-bond donors (Lipinski definition) is 2. The molecule has 2 aromatic rings. The summed E-state index contributed by atoms with van der Waals surface area (Å²) in [6.07, 6.45) is 5.79. The second kappa shape index (κ2) is 7.11. The van der Waals surface area contributed by atoms with E-state index in [0.29, 0.717) is 5.57 Å². The number of amides is 1. The first-order chi connectivity index (χ1) is 12.3. The van der Waals surface area contributed by atoms with Crippen molar-refractivity contribution in [2.45, 2.75) is 25.8 Å². The van der Waals surface area contributed by atoms with Gasteiger partial charge in [-0.3, -0.25) is 9.69 Å². The quantitative estimate of drug-likeness (QED) is 0.829. The fourth-order valence-electron chi connectivity index (χ4n) is 3.52. The maximum atomic E-state index is 12.1. The van der Waals surface area contributed by atoms with Gasteiger partial charge < -0.3 is 10.6 Å². The van der Waals surface area contributed by atoms with Crippen molar-refractivity contribution < 1.29 is 4.79 Å². The van der Waals surface area contributed by atoms with Gasteiger partial charge in [0.05, 0.1) is 5.57 Å². The van der Waals surface area contributed by atoms with Crippen molar-refractivity contribution in [3.8, 4) is 0 Å². The van der Waals surface area contributed by atoms with E-state index >= 15 is 0 Å². The Morgan fingerprint density at radius 1 is 1.00 bits per heavy atom. The molecule has 2 aliphatic rings. The van der Waals surface area contributed by atoms with Gasteiger partial charge in [-0.05, 0) is 49.7 Å². The third-order valence-electron chi connectivity index (χ3n) is 4.90. The minimum absolute atomic E-state index is 0.0598. The number of nitrogens with zero attached hydrogens (tertiary/aromatic N) is 1. The average molecular weight is 333 g/mol. The van der Waals surface area contributed by atoms with E-state index in [1.165, 1.54) is 37.9 Å². The molecule has 0 spiro atoms. The van der Waals surface area contributed by atoms with Crippen LogP contribution < -0.4 is 10.6 Å². The molecule has 2 aromatic carbocycles. The van der Waals surface area contributed by atoms with Crippen LogP contribution in [0.2, 0.25) is 0 Å². The number of hydrogen-bond acceptors (Lipinski definition) is 3. The van der Waals surface area contributed by atoms with E-state index in [1.54, 1.807) is 6.20 Å². The molecule has 0 radical (unpaired) electrons. The van der Waals surface area contributed by atoms with Crippen molar-refractivity contribution in [2.24, 2.45) is 0 Å². The number of para-hydroxylation sites is 1. The lowest BCUT2D eigenvalue weighted by atomic mass is 10.1. The molecule has 2 N–H and O–H groups in total. The molecular weight excluding hydrogens is 310 g/mol. The highest BCUT2D eigenvalue weighted by atomic mass is 16.2. The fraction of sp³-hybridized carbons (Fsp3) is 0.286. The van der Waals surface area contributed by atoms with Crippen LogP contribution in [0.5, 0.6) is 0 Å². The van der Waals surface area contributed by atoms with Gasteiger partial charge in [0.25, 0.3) is 5.91 Å². The summed E-state index contributed by atoms with van der Waals surface area (Å²) in [4.78, 5) is 14.6. The van der Waals surface area contributed by atoms with Gasteiger partial charge in [0.1, 0.15) is 0 Å². The maximum Gasteiger partial charge on any atom is 0.257 e. The Balaban J connectivity index is 1.42. The highest BCUT2D eigenvalue weighted by Crippen LogP contribution is 2.31. The van der Waals surface area contributed by atoms with Crippen LogP contribution >= 0.6 is 0 Å². The van der Waals surface area contributed by atoms with Crippen LogP contribution in [0.15, 0.2) is 54.7 Å². The van der Waals surface area contributed by atoms with Gasteiger partial charge in [0.2, 0.25) is 0 Å². The monoisotopic (exact) mass is 333 g/mol. The molecule has 128 valence electrons. The molecule has 0 saturated carbocycles. The zero-order chi connectivity index (χ0) is 17.1. The van der Waals surface area contributed by atoms with Gasteiger partial charge >= 0.3 is 0 Å². The molecular formula is C21H23N3O. The van der Waals surface area contributed by atoms with E-state index < -0.39 is 0 Å². The van der Waals surface area contributed by atoms with Crippen LogP contribution in [-0.4, -0.2) is 23.9 Å². The summed E-state index contributed by atoms with van der Waals surface area (Å²) in [5, 5.41) is 6.14. The van der Waals surface area contributed by atoms with Crippen LogP contribution in [0.1, 0.15) is 30.4 Å². The Kier molecular flexibility index (Phi) is 4.53. The number of piperidine rings is 1. The summed E-state index contributed by atoms with van der Waals surface area (Å²) in [5.74, 6) is -0.0598. The third-order valence-corrected chi connectivity index (χ3v) is 4.90. The largest absolute Gasteiger partial charge is 0.361 e. The van der Waals surface area contributed by atoms with E-state index in [2.05, 4.69) is 39.8 Å². The number of nitrogens with one attached hydrogen (secondary N) is 2. The van der Waals surface area contributed by atoms with E-state index in [9.17, 15) is 4.79 Å². The van der Waals surface area contributed by atoms with E-state index in [-0.39, 0.29) is 5.91 Å². The molecule has 1 saturated heterocycles. The second-order valence-corrected chi connectivity index (χ2v) is 6.74. The summed E-state index contributed by atoms with van der Waals surface area (Å²) in [7, 11) is 0. The molecule has 1 fully saturated rings. The zero-order valence-corrected chi connectivity index (χ0v) is 14.3. The Hall–Kier alpha value is -2.59. The minimum atomic E-state index is -0.0598. The van der Waals surface area contributed by atoms with Gasteiger partial charge in [-0.15, -0.1) is 0 Å². The van der Waals surface area contributed by atoms with Crippen LogP contribution in [0, 0.1) is 0 Å². The number of rotatable bonds is 4. The molecule has 2 aliphatic heterocycles. The predicted octanol–water partition coefficient (Wildman–Crippen LogP) is 4.08. The van der Waals surface area contributed by atoms with Gasteiger partial charge in [-0.1, -0.05) is 36.8 Å². The Morgan fingerprint density at radius 3 is 2.56 bits per heavy atom.